The first-order valence-corrected chi connectivity index (χ1v) is 11.6. The molecule has 0 saturated heterocycles. The summed E-state index contributed by atoms with van der Waals surface area (Å²) in [6.07, 6.45) is 3.40. The van der Waals surface area contributed by atoms with Crippen molar-refractivity contribution < 1.29 is 23.0 Å². The Morgan fingerprint density at radius 3 is 2.78 bits per heavy atom. The van der Waals surface area contributed by atoms with E-state index in [0.29, 0.717) is 55.8 Å². The van der Waals surface area contributed by atoms with Gasteiger partial charge in [-0.15, -0.1) is 5.10 Å². The van der Waals surface area contributed by atoms with E-state index in [-0.39, 0.29) is 12.4 Å². The van der Waals surface area contributed by atoms with Gasteiger partial charge in [-0.3, -0.25) is 0 Å². The monoisotopic (exact) mass is 503 g/mol. The number of hydrogen-bond donors (Lipinski definition) is 0. The van der Waals surface area contributed by atoms with E-state index in [0.717, 1.165) is 5.39 Å². The molecule has 0 N–H and O–H groups in total. The number of aromatic nitrogens is 5. The smallest absolute Gasteiger partial charge is 0.294 e. The van der Waals surface area contributed by atoms with Gasteiger partial charge in [0.25, 0.3) is 5.19 Å². The summed E-state index contributed by atoms with van der Waals surface area (Å²) in [7, 11) is 3.14. The quantitative estimate of drug-likeness (QED) is 0.286. The fraction of sp³-hybridized carbons (Fsp3) is 0.120. The maximum atomic E-state index is 13.6. The van der Waals surface area contributed by atoms with Crippen molar-refractivity contribution in [2.75, 3.05) is 14.2 Å². The van der Waals surface area contributed by atoms with Gasteiger partial charge in [-0.05, 0) is 35.6 Å². The van der Waals surface area contributed by atoms with Crippen molar-refractivity contribution in [2.24, 2.45) is 0 Å². The van der Waals surface area contributed by atoms with Crippen molar-refractivity contribution in [2.45, 2.75) is 6.61 Å². The average molecular weight is 504 g/mol. The largest absolute Gasteiger partial charge is 0.496 e. The number of halogens is 1. The molecule has 11 heteroatoms. The van der Waals surface area contributed by atoms with Crippen LogP contribution in [0.2, 0.25) is 0 Å². The van der Waals surface area contributed by atoms with Crippen LogP contribution in [0.5, 0.6) is 16.7 Å². The molecule has 9 nitrogen and oxygen atoms in total. The first-order valence-electron chi connectivity index (χ1n) is 10.8. The third-order valence-electron chi connectivity index (χ3n) is 5.43. The Labute approximate surface area is 207 Å². The molecule has 4 aromatic heterocycles. The Bertz CT molecular complexity index is 1680. The molecule has 2 aromatic carbocycles. The summed E-state index contributed by atoms with van der Waals surface area (Å²) >= 11 is 1.33. The summed E-state index contributed by atoms with van der Waals surface area (Å²) < 4.78 is 38.1. The lowest BCUT2D eigenvalue weighted by Crippen LogP contribution is -2.01. The number of imidazole rings is 1. The fourth-order valence-electron chi connectivity index (χ4n) is 3.72. The third kappa shape index (κ3) is 4.09. The first kappa shape index (κ1) is 22.0. The van der Waals surface area contributed by atoms with Crippen molar-refractivity contribution in [3.63, 3.8) is 0 Å². The molecule has 0 aliphatic heterocycles. The number of fused-ring (bicyclic) bond motifs is 2. The highest BCUT2D eigenvalue weighted by molar-refractivity contribution is 7.18. The van der Waals surface area contributed by atoms with E-state index >= 15 is 0 Å². The minimum Gasteiger partial charge on any atom is -0.496 e. The SMILES string of the molecule is COc1cc(OCc2ccnc(-c3cccc(F)c3)n2)c2cc(-c3cn4nc(OC)sc4n3)oc2c1. The molecule has 0 aliphatic rings. The molecule has 0 bridgehead atoms. The van der Waals surface area contributed by atoms with E-state index in [2.05, 4.69) is 20.1 Å². The van der Waals surface area contributed by atoms with Gasteiger partial charge >= 0.3 is 0 Å². The minimum atomic E-state index is -0.347. The highest BCUT2D eigenvalue weighted by atomic mass is 32.1. The Morgan fingerprint density at radius 2 is 1.97 bits per heavy atom. The summed E-state index contributed by atoms with van der Waals surface area (Å²) in [5, 5.41) is 5.59. The van der Waals surface area contributed by atoms with Crippen LogP contribution in [-0.2, 0) is 6.61 Å². The molecule has 0 atom stereocenters. The normalized spacial score (nSPS) is 11.3. The summed E-state index contributed by atoms with van der Waals surface area (Å²) in [5.41, 5.74) is 2.45. The Hall–Kier alpha value is -4.51. The molecule has 0 fully saturated rings. The molecule has 6 aromatic rings. The summed E-state index contributed by atoms with van der Waals surface area (Å²) in [5.74, 6) is 1.78. The van der Waals surface area contributed by atoms with Crippen molar-refractivity contribution in [1.82, 2.24) is 24.6 Å². The van der Waals surface area contributed by atoms with Gasteiger partial charge in [-0.2, -0.15) is 0 Å². The van der Waals surface area contributed by atoms with E-state index in [4.69, 9.17) is 18.6 Å². The maximum Gasteiger partial charge on any atom is 0.294 e. The number of benzene rings is 2. The van der Waals surface area contributed by atoms with Crippen LogP contribution in [0, 0.1) is 5.82 Å². The van der Waals surface area contributed by atoms with Gasteiger partial charge in [-0.1, -0.05) is 12.1 Å². The lowest BCUT2D eigenvalue weighted by Gasteiger charge is -2.09. The number of methoxy groups -OCH3 is 2. The fourth-order valence-corrected chi connectivity index (χ4v) is 4.42. The number of ether oxygens (including phenoxy) is 3. The topological polar surface area (TPSA) is 96.8 Å². The van der Waals surface area contributed by atoms with Crippen molar-refractivity contribution in [3.8, 4) is 39.5 Å². The number of rotatable bonds is 7. The first-order chi connectivity index (χ1) is 17.6. The van der Waals surface area contributed by atoms with Gasteiger partial charge in [0.2, 0.25) is 4.96 Å². The summed E-state index contributed by atoms with van der Waals surface area (Å²) in [6.45, 7) is 0.164. The Balaban J connectivity index is 1.31. The lowest BCUT2D eigenvalue weighted by atomic mass is 10.2. The van der Waals surface area contributed by atoms with Gasteiger partial charge in [-0.25, -0.2) is 23.9 Å². The molecular weight excluding hydrogens is 485 g/mol. The van der Waals surface area contributed by atoms with Crippen LogP contribution >= 0.6 is 11.3 Å². The summed E-state index contributed by atoms with van der Waals surface area (Å²) in [6, 6.07) is 13.3. The predicted molar refractivity (Wildman–Crippen MR) is 131 cm³/mol. The second kappa shape index (κ2) is 8.93. The Kier molecular flexibility index (Phi) is 5.45. The second-order valence-corrected chi connectivity index (χ2v) is 8.66. The highest BCUT2D eigenvalue weighted by Crippen LogP contribution is 2.37. The van der Waals surface area contributed by atoms with Crippen molar-refractivity contribution in [1.29, 1.82) is 0 Å². The molecule has 180 valence electrons. The number of nitrogens with zero attached hydrogens (tertiary/aromatic N) is 5. The van der Waals surface area contributed by atoms with Crippen molar-refractivity contribution in [3.05, 3.63) is 72.4 Å². The van der Waals surface area contributed by atoms with Crippen LogP contribution in [0.3, 0.4) is 0 Å². The third-order valence-corrected chi connectivity index (χ3v) is 6.32. The average Bonchev–Trinajstić information content (AvgIpc) is 3.60. The molecule has 0 amide bonds. The van der Waals surface area contributed by atoms with Crippen LogP contribution in [0.4, 0.5) is 4.39 Å². The zero-order chi connectivity index (χ0) is 24.6. The van der Waals surface area contributed by atoms with E-state index in [1.165, 1.54) is 23.5 Å². The zero-order valence-corrected chi connectivity index (χ0v) is 20.0. The molecule has 0 unspecified atom stereocenters. The van der Waals surface area contributed by atoms with Gasteiger partial charge in [0, 0.05) is 23.9 Å². The second-order valence-electron chi connectivity index (χ2n) is 7.74. The minimum absolute atomic E-state index is 0.164. The molecule has 36 heavy (non-hydrogen) atoms. The number of furan rings is 1. The zero-order valence-electron chi connectivity index (χ0n) is 19.1. The number of hydrogen-bond acceptors (Lipinski definition) is 9. The van der Waals surface area contributed by atoms with Crippen LogP contribution in [0.15, 0.2) is 65.3 Å². The molecule has 0 radical (unpaired) electrons. The molecule has 4 heterocycles. The van der Waals surface area contributed by atoms with Crippen LogP contribution < -0.4 is 14.2 Å². The van der Waals surface area contributed by atoms with E-state index in [9.17, 15) is 4.39 Å². The molecule has 0 spiro atoms. The predicted octanol–water partition coefficient (Wildman–Crippen LogP) is 5.40. The van der Waals surface area contributed by atoms with E-state index < -0.39 is 0 Å². The van der Waals surface area contributed by atoms with Crippen LogP contribution in [-0.4, -0.2) is 38.8 Å². The summed E-state index contributed by atoms with van der Waals surface area (Å²) in [4.78, 5) is 14.1. The maximum absolute atomic E-state index is 13.6. The van der Waals surface area contributed by atoms with Crippen LogP contribution in [0.25, 0.3) is 38.8 Å². The lowest BCUT2D eigenvalue weighted by molar-refractivity contribution is 0.302. The molecule has 0 saturated carbocycles. The molecular formula is C25H18FN5O4S. The molecule has 0 aliphatic carbocycles. The Morgan fingerprint density at radius 1 is 1.06 bits per heavy atom. The van der Waals surface area contributed by atoms with E-state index in [1.54, 1.807) is 61.5 Å². The van der Waals surface area contributed by atoms with Gasteiger partial charge in [0.1, 0.15) is 35.2 Å². The van der Waals surface area contributed by atoms with Gasteiger partial charge in [0.15, 0.2) is 11.6 Å². The standard InChI is InChI=1S/C25H18FN5O4S/c1-32-17-9-20(34-13-16-6-7-27-23(28-16)14-4-3-5-15(26)8-14)18-11-22(35-21(18)10-17)19-12-31-24(29-19)36-25(30-31)33-2/h3-12H,13H2,1-2H3. The van der Waals surface area contributed by atoms with Gasteiger partial charge in [0.05, 0.1) is 31.5 Å². The molecule has 6 rings (SSSR count). The van der Waals surface area contributed by atoms with Gasteiger partial charge < -0.3 is 18.6 Å². The van der Waals surface area contributed by atoms with Crippen LogP contribution in [0.1, 0.15) is 5.69 Å². The van der Waals surface area contributed by atoms with E-state index in [1.807, 2.05) is 6.07 Å². The van der Waals surface area contributed by atoms with Crippen molar-refractivity contribution >= 4 is 27.3 Å². The highest BCUT2D eigenvalue weighted by Gasteiger charge is 2.17.